The third kappa shape index (κ3) is 2.67. The summed E-state index contributed by atoms with van der Waals surface area (Å²) < 4.78 is 14.6. The highest BCUT2D eigenvalue weighted by molar-refractivity contribution is 5.77. The average Bonchev–Trinajstić information content (AvgIpc) is 2.28. The van der Waals surface area contributed by atoms with Crippen LogP contribution in [0.3, 0.4) is 0 Å². The van der Waals surface area contributed by atoms with Crippen molar-refractivity contribution in [3.63, 3.8) is 0 Å². The van der Waals surface area contributed by atoms with Crippen LogP contribution in [0.25, 0.3) is 5.57 Å². The first kappa shape index (κ1) is 12.6. The second kappa shape index (κ2) is 4.77. The quantitative estimate of drug-likeness (QED) is 0.884. The summed E-state index contributed by atoms with van der Waals surface area (Å²) in [5.41, 5.74) is 0.554. The van der Waals surface area contributed by atoms with Crippen molar-refractivity contribution in [1.82, 2.24) is 0 Å². The molecule has 3 heteroatoms. The van der Waals surface area contributed by atoms with E-state index in [4.69, 9.17) is 5.11 Å². The number of allylic oxidation sites excluding steroid dienone is 3. The van der Waals surface area contributed by atoms with Crippen LogP contribution in [-0.2, 0) is 4.79 Å². The molecule has 1 aliphatic carbocycles. The van der Waals surface area contributed by atoms with Crippen LogP contribution in [0.2, 0.25) is 0 Å². The van der Waals surface area contributed by atoms with Crippen molar-refractivity contribution in [3.05, 3.63) is 53.6 Å². The van der Waals surface area contributed by atoms with Gasteiger partial charge in [-0.2, -0.15) is 0 Å². The summed E-state index contributed by atoms with van der Waals surface area (Å²) in [6.07, 6.45) is 3.45. The van der Waals surface area contributed by atoms with E-state index >= 15 is 0 Å². The van der Waals surface area contributed by atoms with Gasteiger partial charge in [-0.05, 0) is 18.1 Å². The van der Waals surface area contributed by atoms with Crippen LogP contribution < -0.4 is 0 Å². The molecule has 2 rings (SSSR count). The number of carbonyl (C=O) groups is 1. The van der Waals surface area contributed by atoms with Crippen molar-refractivity contribution in [2.45, 2.75) is 25.4 Å². The smallest absolute Gasteiger partial charge is 0.307 e. The molecule has 2 nitrogen and oxygen atoms in total. The molecule has 0 bridgehead atoms. The van der Waals surface area contributed by atoms with Gasteiger partial charge in [0.1, 0.15) is 5.67 Å². The predicted molar refractivity (Wildman–Crippen MR) is 68.9 cm³/mol. The van der Waals surface area contributed by atoms with Gasteiger partial charge < -0.3 is 5.11 Å². The van der Waals surface area contributed by atoms with E-state index < -0.39 is 11.6 Å². The highest BCUT2D eigenvalue weighted by Crippen LogP contribution is 2.39. The van der Waals surface area contributed by atoms with Crippen LogP contribution >= 0.6 is 0 Å². The van der Waals surface area contributed by atoms with Gasteiger partial charge in [-0.3, -0.25) is 4.79 Å². The van der Waals surface area contributed by atoms with Crippen LogP contribution in [-0.4, -0.2) is 16.7 Å². The average molecular weight is 246 g/mol. The molecule has 1 unspecified atom stereocenters. The minimum Gasteiger partial charge on any atom is -0.481 e. The van der Waals surface area contributed by atoms with Gasteiger partial charge in [0.05, 0.1) is 6.42 Å². The van der Waals surface area contributed by atoms with Crippen molar-refractivity contribution in [2.75, 3.05) is 0 Å². The van der Waals surface area contributed by atoms with Gasteiger partial charge in [0.2, 0.25) is 0 Å². The van der Waals surface area contributed by atoms with Crippen LogP contribution in [0.4, 0.5) is 4.39 Å². The number of hydrogen-bond donors (Lipinski definition) is 1. The molecule has 0 fully saturated rings. The number of carboxylic acid groups (broad SMARTS) is 1. The summed E-state index contributed by atoms with van der Waals surface area (Å²) in [7, 11) is 0. The molecule has 18 heavy (non-hydrogen) atoms. The van der Waals surface area contributed by atoms with E-state index in [9.17, 15) is 9.18 Å². The molecule has 0 saturated heterocycles. The Bertz CT molecular complexity index is 513. The maximum Gasteiger partial charge on any atom is 0.307 e. The number of aliphatic carboxylic acids is 1. The Labute approximate surface area is 105 Å². The highest BCUT2D eigenvalue weighted by atomic mass is 19.1. The summed E-state index contributed by atoms with van der Waals surface area (Å²) in [6.45, 7) is 1.50. The molecular weight excluding hydrogens is 231 g/mol. The molecule has 1 aromatic carbocycles. The third-order valence-corrected chi connectivity index (χ3v) is 3.07. The molecular formula is C15H15FO2. The fourth-order valence-electron chi connectivity index (χ4n) is 2.29. The van der Waals surface area contributed by atoms with Gasteiger partial charge in [-0.15, -0.1) is 0 Å². The van der Waals surface area contributed by atoms with Gasteiger partial charge >= 0.3 is 5.97 Å². The van der Waals surface area contributed by atoms with Crippen molar-refractivity contribution < 1.29 is 14.3 Å². The standard InChI is InChI=1S/C15H15FO2/c1-15(16)10-11(9-14(17)18)7-8-13(15)12-5-3-2-4-6-12/h2-8H,9-10H2,1H3,(H,17,18). The third-order valence-electron chi connectivity index (χ3n) is 3.07. The largest absolute Gasteiger partial charge is 0.481 e. The van der Waals surface area contributed by atoms with Crippen LogP contribution in [0, 0.1) is 0 Å². The Morgan fingerprint density at radius 1 is 1.33 bits per heavy atom. The molecule has 94 valence electrons. The Balaban J connectivity index is 2.33. The molecule has 1 atom stereocenters. The Kier molecular flexibility index (Phi) is 3.32. The van der Waals surface area contributed by atoms with E-state index in [-0.39, 0.29) is 12.8 Å². The lowest BCUT2D eigenvalue weighted by molar-refractivity contribution is -0.136. The van der Waals surface area contributed by atoms with E-state index in [1.165, 1.54) is 6.92 Å². The van der Waals surface area contributed by atoms with Gasteiger partial charge in [-0.1, -0.05) is 48.1 Å². The van der Waals surface area contributed by atoms with E-state index in [2.05, 4.69) is 0 Å². The summed E-state index contributed by atoms with van der Waals surface area (Å²) in [6, 6.07) is 9.33. The summed E-state index contributed by atoms with van der Waals surface area (Å²) in [4.78, 5) is 10.6. The Hall–Kier alpha value is -1.90. The van der Waals surface area contributed by atoms with E-state index in [0.29, 0.717) is 11.1 Å². The predicted octanol–water partition coefficient (Wildman–Crippen LogP) is 3.60. The van der Waals surface area contributed by atoms with Crippen molar-refractivity contribution in [1.29, 1.82) is 0 Å². The number of hydrogen-bond acceptors (Lipinski definition) is 1. The van der Waals surface area contributed by atoms with Crippen LogP contribution in [0.5, 0.6) is 0 Å². The number of carboxylic acids is 1. The number of benzene rings is 1. The first-order valence-electron chi connectivity index (χ1n) is 5.85. The zero-order valence-electron chi connectivity index (χ0n) is 10.2. The Morgan fingerprint density at radius 3 is 2.56 bits per heavy atom. The number of rotatable bonds is 3. The number of halogens is 1. The minimum atomic E-state index is -1.51. The van der Waals surface area contributed by atoms with Crippen LogP contribution in [0.15, 0.2) is 48.1 Å². The first-order valence-corrected chi connectivity index (χ1v) is 5.85. The maximum absolute atomic E-state index is 14.6. The zero-order chi connectivity index (χ0) is 13.2. The zero-order valence-corrected chi connectivity index (χ0v) is 10.2. The highest BCUT2D eigenvalue weighted by Gasteiger charge is 2.33. The van der Waals surface area contributed by atoms with E-state index in [1.54, 1.807) is 12.2 Å². The second-order valence-corrected chi connectivity index (χ2v) is 4.72. The minimum absolute atomic E-state index is 0.0991. The molecule has 0 aliphatic heterocycles. The van der Waals surface area contributed by atoms with Gasteiger partial charge in [-0.25, -0.2) is 4.39 Å². The lowest BCUT2D eigenvalue weighted by Gasteiger charge is -2.28. The summed E-state index contributed by atoms with van der Waals surface area (Å²) in [5, 5.41) is 8.73. The molecule has 0 radical (unpaired) electrons. The first-order chi connectivity index (χ1) is 8.49. The van der Waals surface area contributed by atoms with Crippen LogP contribution in [0.1, 0.15) is 25.3 Å². The SMILES string of the molecule is CC1(F)CC(CC(=O)O)=CC=C1c1ccccc1. The topological polar surface area (TPSA) is 37.3 Å². The van der Waals surface area contributed by atoms with E-state index in [1.807, 2.05) is 30.3 Å². The monoisotopic (exact) mass is 246 g/mol. The molecule has 1 aromatic rings. The second-order valence-electron chi connectivity index (χ2n) is 4.72. The number of alkyl halides is 1. The fourth-order valence-corrected chi connectivity index (χ4v) is 2.29. The maximum atomic E-state index is 14.6. The summed E-state index contributed by atoms with van der Waals surface area (Å²) in [5.74, 6) is -0.923. The van der Waals surface area contributed by atoms with Gasteiger partial charge in [0, 0.05) is 6.42 Å². The molecule has 0 saturated carbocycles. The Morgan fingerprint density at radius 2 is 2.00 bits per heavy atom. The normalized spacial score (nSPS) is 23.2. The molecule has 1 N–H and O–H groups in total. The van der Waals surface area contributed by atoms with Gasteiger partial charge in [0.25, 0.3) is 0 Å². The lowest BCUT2D eigenvalue weighted by Crippen LogP contribution is -2.24. The lowest BCUT2D eigenvalue weighted by atomic mass is 9.81. The molecule has 0 aromatic heterocycles. The van der Waals surface area contributed by atoms with E-state index in [0.717, 1.165) is 5.56 Å². The fraction of sp³-hybridized carbons (Fsp3) is 0.267. The van der Waals surface area contributed by atoms with Crippen molar-refractivity contribution >= 4 is 11.5 Å². The van der Waals surface area contributed by atoms with Gasteiger partial charge in [0.15, 0.2) is 0 Å². The molecule has 0 heterocycles. The molecule has 0 amide bonds. The summed E-state index contributed by atoms with van der Waals surface area (Å²) >= 11 is 0. The molecule has 1 aliphatic rings. The van der Waals surface area contributed by atoms with Crippen molar-refractivity contribution in [3.8, 4) is 0 Å². The van der Waals surface area contributed by atoms with Crippen molar-refractivity contribution in [2.24, 2.45) is 0 Å². The molecule has 0 spiro atoms.